The minimum Gasteiger partial charge on any atom is -0.465 e. The van der Waals surface area contributed by atoms with Crippen LogP contribution in [0.4, 0.5) is 9.93 Å². The zero-order valence-corrected chi connectivity index (χ0v) is 17.2. The number of nitrogens with one attached hydrogen (secondary N) is 2. The molecule has 8 heteroatoms. The van der Waals surface area contributed by atoms with Crippen LogP contribution in [-0.4, -0.2) is 33.1 Å². The van der Waals surface area contributed by atoms with Crippen LogP contribution in [0.25, 0.3) is 22.4 Å². The number of rotatable bonds is 5. The van der Waals surface area contributed by atoms with Crippen LogP contribution in [0.15, 0.2) is 54.2 Å². The predicted octanol–water partition coefficient (Wildman–Crippen LogP) is 4.49. The number of carboxylic acid groups (broad SMARTS) is 1. The van der Waals surface area contributed by atoms with E-state index in [9.17, 15) is 9.59 Å². The number of anilines is 1. The zero-order chi connectivity index (χ0) is 21.0. The van der Waals surface area contributed by atoms with Gasteiger partial charge in [-0.1, -0.05) is 39.0 Å². The molecule has 0 saturated carbocycles. The van der Waals surface area contributed by atoms with Crippen LogP contribution in [-0.2, 0) is 4.79 Å². The maximum Gasteiger partial charge on any atom is 0.405 e. The van der Waals surface area contributed by atoms with Gasteiger partial charge in [-0.05, 0) is 34.7 Å². The summed E-state index contributed by atoms with van der Waals surface area (Å²) < 4.78 is 0. The summed E-state index contributed by atoms with van der Waals surface area (Å²) in [6, 6.07) is 10.9. The van der Waals surface area contributed by atoms with Gasteiger partial charge < -0.3 is 15.7 Å². The first-order valence-electron chi connectivity index (χ1n) is 9.01. The molecule has 0 aliphatic rings. The second-order valence-electron chi connectivity index (χ2n) is 7.59. The van der Waals surface area contributed by atoms with Crippen molar-refractivity contribution in [2.75, 3.05) is 5.32 Å². The molecule has 0 fully saturated rings. The predicted molar refractivity (Wildman–Crippen MR) is 114 cm³/mol. The van der Waals surface area contributed by atoms with E-state index in [0.29, 0.717) is 5.13 Å². The lowest BCUT2D eigenvalue weighted by Crippen LogP contribution is -2.51. The number of nitrogens with zero attached hydrogens (tertiary/aromatic N) is 2. The highest BCUT2D eigenvalue weighted by Crippen LogP contribution is 2.29. The van der Waals surface area contributed by atoms with Crippen molar-refractivity contribution in [3.63, 3.8) is 0 Å². The van der Waals surface area contributed by atoms with E-state index in [1.165, 1.54) is 11.3 Å². The first-order chi connectivity index (χ1) is 13.7. The van der Waals surface area contributed by atoms with Crippen molar-refractivity contribution >= 4 is 28.5 Å². The van der Waals surface area contributed by atoms with Crippen LogP contribution in [0, 0.1) is 5.41 Å². The van der Waals surface area contributed by atoms with Crippen molar-refractivity contribution < 1.29 is 14.7 Å². The van der Waals surface area contributed by atoms with Gasteiger partial charge in [-0.25, -0.2) is 9.78 Å². The molecule has 0 aliphatic carbocycles. The fourth-order valence-corrected chi connectivity index (χ4v) is 3.57. The van der Waals surface area contributed by atoms with Gasteiger partial charge in [-0.15, -0.1) is 11.3 Å². The van der Waals surface area contributed by atoms with Crippen molar-refractivity contribution in [1.29, 1.82) is 0 Å². The van der Waals surface area contributed by atoms with Gasteiger partial charge in [0.15, 0.2) is 5.13 Å². The van der Waals surface area contributed by atoms with E-state index >= 15 is 0 Å². The molecule has 0 spiro atoms. The fraction of sp³-hybridized carbons (Fsp3) is 0.238. The molecule has 2 aromatic heterocycles. The summed E-state index contributed by atoms with van der Waals surface area (Å²) in [6.45, 7) is 5.39. The van der Waals surface area contributed by atoms with Crippen LogP contribution in [0.1, 0.15) is 20.8 Å². The second-order valence-corrected chi connectivity index (χ2v) is 8.45. The molecule has 150 valence electrons. The molecule has 1 aromatic carbocycles. The molecule has 0 radical (unpaired) electrons. The van der Waals surface area contributed by atoms with Crippen molar-refractivity contribution in [3.8, 4) is 22.4 Å². The quantitative estimate of drug-likeness (QED) is 0.575. The average Bonchev–Trinajstić information content (AvgIpc) is 3.14. The van der Waals surface area contributed by atoms with E-state index in [1.807, 2.05) is 41.8 Å². The molecule has 1 unspecified atom stereocenters. The topological polar surface area (TPSA) is 104 Å². The molecule has 7 nitrogen and oxygen atoms in total. The SMILES string of the molecule is CC(C)(C)C(NC(=O)O)C(=O)Nc1nc(-c2cccc(-c3ccncc3)c2)cs1. The van der Waals surface area contributed by atoms with Crippen LogP contribution in [0.5, 0.6) is 0 Å². The molecular formula is C21H22N4O3S. The van der Waals surface area contributed by atoms with E-state index in [0.717, 1.165) is 22.4 Å². The molecule has 0 bridgehead atoms. The summed E-state index contributed by atoms with van der Waals surface area (Å²) in [5.74, 6) is -0.439. The number of amides is 2. The summed E-state index contributed by atoms with van der Waals surface area (Å²) in [5, 5.41) is 16.3. The van der Waals surface area contributed by atoms with E-state index < -0.39 is 23.5 Å². The van der Waals surface area contributed by atoms with Gasteiger partial charge in [0.25, 0.3) is 0 Å². The Morgan fingerprint density at radius 1 is 1.07 bits per heavy atom. The van der Waals surface area contributed by atoms with E-state index in [1.54, 1.807) is 33.2 Å². The zero-order valence-electron chi connectivity index (χ0n) is 16.3. The molecule has 3 rings (SSSR count). The average molecular weight is 410 g/mol. The smallest absolute Gasteiger partial charge is 0.405 e. The van der Waals surface area contributed by atoms with Gasteiger partial charge in [-0.3, -0.25) is 9.78 Å². The molecule has 1 atom stereocenters. The molecule has 29 heavy (non-hydrogen) atoms. The van der Waals surface area contributed by atoms with Crippen LogP contribution >= 0.6 is 11.3 Å². The Hall–Kier alpha value is -3.26. The summed E-state index contributed by atoms with van der Waals surface area (Å²) in [5.41, 5.74) is 3.17. The first-order valence-corrected chi connectivity index (χ1v) is 9.89. The number of carbonyl (C=O) groups excluding carboxylic acids is 1. The lowest BCUT2D eigenvalue weighted by atomic mass is 9.86. The maximum atomic E-state index is 12.6. The highest BCUT2D eigenvalue weighted by Gasteiger charge is 2.33. The molecule has 3 aromatic rings. The van der Waals surface area contributed by atoms with E-state index in [2.05, 4.69) is 20.6 Å². The third-order valence-corrected chi connectivity index (χ3v) is 5.06. The number of hydrogen-bond donors (Lipinski definition) is 3. The molecule has 0 saturated heterocycles. The number of hydrogen-bond acceptors (Lipinski definition) is 5. The van der Waals surface area contributed by atoms with E-state index in [4.69, 9.17) is 5.11 Å². The third kappa shape index (κ3) is 5.17. The van der Waals surface area contributed by atoms with Crippen LogP contribution in [0.2, 0.25) is 0 Å². The number of carbonyl (C=O) groups is 2. The van der Waals surface area contributed by atoms with Gasteiger partial charge in [0.05, 0.1) is 5.69 Å². The molecular weight excluding hydrogens is 388 g/mol. The van der Waals surface area contributed by atoms with Gasteiger partial charge in [0.1, 0.15) is 6.04 Å². The minimum atomic E-state index is -1.24. The monoisotopic (exact) mass is 410 g/mol. The number of pyridine rings is 1. The summed E-state index contributed by atoms with van der Waals surface area (Å²) in [7, 11) is 0. The van der Waals surface area contributed by atoms with Crippen LogP contribution in [0.3, 0.4) is 0 Å². The highest BCUT2D eigenvalue weighted by atomic mass is 32.1. The van der Waals surface area contributed by atoms with Crippen molar-refractivity contribution in [2.45, 2.75) is 26.8 Å². The minimum absolute atomic E-state index is 0.417. The normalized spacial score (nSPS) is 12.2. The Morgan fingerprint density at radius 2 is 1.76 bits per heavy atom. The van der Waals surface area contributed by atoms with Gasteiger partial charge in [0.2, 0.25) is 5.91 Å². The number of aromatic nitrogens is 2. The molecule has 2 amide bonds. The Kier molecular flexibility index (Phi) is 5.93. The first kappa shape index (κ1) is 20.5. The maximum absolute atomic E-state index is 12.6. The van der Waals surface area contributed by atoms with Gasteiger partial charge in [0, 0.05) is 23.3 Å². The highest BCUT2D eigenvalue weighted by molar-refractivity contribution is 7.14. The summed E-state index contributed by atoms with van der Waals surface area (Å²) in [4.78, 5) is 32.2. The fourth-order valence-electron chi connectivity index (χ4n) is 2.84. The largest absolute Gasteiger partial charge is 0.465 e. The Bertz CT molecular complexity index is 1010. The molecule has 0 aliphatic heterocycles. The number of thiazole rings is 1. The van der Waals surface area contributed by atoms with E-state index in [-0.39, 0.29) is 0 Å². The lowest BCUT2D eigenvalue weighted by molar-refractivity contribution is -0.120. The number of benzene rings is 1. The van der Waals surface area contributed by atoms with Gasteiger partial charge in [-0.2, -0.15) is 0 Å². The summed E-state index contributed by atoms with van der Waals surface area (Å²) in [6.07, 6.45) is 2.25. The lowest BCUT2D eigenvalue weighted by Gasteiger charge is -2.28. The van der Waals surface area contributed by atoms with Crippen molar-refractivity contribution in [2.24, 2.45) is 5.41 Å². The Labute approximate surface area is 172 Å². The second kappa shape index (κ2) is 8.40. The third-order valence-electron chi connectivity index (χ3n) is 4.30. The standard InChI is InChI=1S/C21H22N4O3S/c1-21(2,3)17(24-20(27)28)18(26)25-19-23-16(12-29-19)15-6-4-5-14(11-15)13-7-9-22-10-8-13/h4-12,17,24H,1-3H3,(H,27,28)(H,23,25,26). The molecule has 3 N–H and O–H groups in total. The Morgan fingerprint density at radius 3 is 2.41 bits per heavy atom. The van der Waals surface area contributed by atoms with Crippen LogP contribution < -0.4 is 10.6 Å². The molecule has 2 heterocycles. The Balaban J connectivity index is 1.79. The van der Waals surface area contributed by atoms with Gasteiger partial charge >= 0.3 is 6.09 Å². The van der Waals surface area contributed by atoms with Crippen molar-refractivity contribution in [1.82, 2.24) is 15.3 Å². The van der Waals surface area contributed by atoms with Crippen molar-refractivity contribution in [3.05, 3.63) is 54.2 Å². The summed E-state index contributed by atoms with van der Waals surface area (Å²) >= 11 is 1.29.